The van der Waals surface area contributed by atoms with Crippen molar-refractivity contribution in [1.82, 2.24) is 15.1 Å². The summed E-state index contributed by atoms with van der Waals surface area (Å²) in [6, 6.07) is 3.08. The van der Waals surface area contributed by atoms with Gasteiger partial charge in [-0.3, -0.25) is 5.32 Å². The molecule has 0 saturated heterocycles. The van der Waals surface area contributed by atoms with E-state index >= 15 is 0 Å². The molecule has 0 unspecified atom stereocenters. The maximum Gasteiger partial charge on any atom is 0.321 e. The van der Waals surface area contributed by atoms with Crippen molar-refractivity contribution >= 4 is 11.8 Å². The maximum atomic E-state index is 11.7. The minimum absolute atomic E-state index is 0.0911. The molecule has 110 valence electrons. The van der Waals surface area contributed by atoms with Crippen molar-refractivity contribution < 1.29 is 14.3 Å². The van der Waals surface area contributed by atoms with E-state index in [9.17, 15) is 4.79 Å². The van der Waals surface area contributed by atoms with Crippen LogP contribution in [-0.2, 0) is 6.54 Å². The number of furan rings is 1. The summed E-state index contributed by atoms with van der Waals surface area (Å²) in [5, 5.41) is 18.6. The van der Waals surface area contributed by atoms with Gasteiger partial charge in [0.15, 0.2) is 0 Å². The van der Waals surface area contributed by atoms with Crippen LogP contribution in [0.3, 0.4) is 0 Å². The molecule has 0 spiro atoms. The van der Waals surface area contributed by atoms with E-state index in [1.807, 2.05) is 6.92 Å². The zero-order valence-electron chi connectivity index (χ0n) is 11.6. The molecule has 0 saturated carbocycles. The van der Waals surface area contributed by atoms with E-state index in [1.54, 1.807) is 18.4 Å². The van der Waals surface area contributed by atoms with Crippen LogP contribution in [-0.4, -0.2) is 34.1 Å². The molecule has 0 aliphatic rings. The average molecular weight is 288 g/mol. The Kier molecular flexibility index (Phi) is 4.64. The number of hydrogen-bond acceptors (Lipinski definition) is 4. The summed E-state index contributed by atoms with van der Waals surface area (Å²) in [7, 11) is 0. The molecule has 0 radical (unpaired) electrons. The van der Waals surface area contributed by atoms with Gasteiger partial charge in [-0.25, -0.2) is 9.48 Å². The van der Waals surface area contributed by atoms with Gasteiger partial charge in [-0.05, 0) is 13.0 Å². The molecule has 2 aromatic rings. The highest BCUT2D eigenvalue weighted by molar-refractivity contribution is 5.89. The summed E-state index contributed by atoms with van der Waals surface area (Å²) in [4.78, 5) is 11.7. The molecule has 7 nitrogen and oxygen atoms in total. The second kappa shape index (κ2) is 6.63. The van der Waals surface area contributed by atoms with E-state index in [1.165, 1.54) is 4.68 Å². The third-order valence-corrected chi connectivity index (χ3v) is 2.82. The third kappa shape index (κ3) is 3.43. The number of anilines is 1. The summed E-state index contributed by atoms with van der Waals surface area (Å²) < 4.78 is 6.75. The van der Waals surface area contributed by atoms with Crippen molar-refractivity contribution in [2.75, 3.05) is 18.5 Å². The molecule has 0 aromatic carbocycles. The minimum atomic E-state index is -0.428. The van der Waals surface area contributed by atoms with Crippen LogP contribution in [0.15, 0.2) is 22.8 Å². The van der Waals surface area contributed by atoms with Crippen LogP contribution < -0.4 is 10.6 Å². The number of terminal acetylenes is 1. The highest BCUT2D eigenvalue weighted by atomic mass is 16.3. The first-order valence-electron chi connectivity index (χ1n) is 6.37. The SMILES string of the molecule is C#CCNC(=O)Nc1cc(-c2ccoc2C)nn1CCO. The van der Waals surface area contributed by atoms with Gasteiger partial charge in [-0.1, -0.05) is 5.92 Å². The van der Waals surface area contributed by atoms with Crippen LogP contribution in [0.25, 0.3) is 11.3 Å². The zero-order chi connectivity index (χ0) is 15.2. The monoisotopic (exact) mass is 288 g/mol. The lowest BCUT2D eigenvalue weighted by Crippen LogP contribution is -2.30. The first-order chi connectivity index (χ1) is 10.2. The second-order valence-electron chi connectivity index (χ2n) is 4.26. The van der Waals surface area contributed by atoms with Crippen LogP contribution in [0.1, 0.15) is 5.76 Å². The van der Waals surface area contributed by atoms with E-state index in [0.717, 1.165) is 11.3 Å². The number of carbonyl (C=O) groups is 1. The van der Waals surface area contributed by atoms with Crippen LogP contribution >= 0.6 is 0 Å². The van der Waals surface area contributed by atoms with Crippen molar-refractivity contribution in [1.29, 1.82) is 0 Å². The Morgan fingerprint density at radius 3 is 3.05 bits per heavy atom. The van der Waals surface area contributed by atoms with Gasteiger partial charge in [0.25, 0.3) is 0 Å². The Bertz CT molecular complexity index is 666. The molecular formula is C14H16N4O3. The number of rotatable bonds is 5. The number of carbonyl (C=O) groups excluding carboxylic acids is 1. The Morgan fingerprint density at radius 2 is 2.43 bits per heavy atom. The lowest BCUT2D eigenvalue weighted by Gasteiger charge is -2.07. The van der Waals surface area contributed by atoms with E-state index in [2.05, 4.69) is 21.7 Å². The quantitative estimate of drug-likeness (QED) is 0.721. The summed E-state index contributed by atoms with van der Waals surface area (Å²) in [5.41, 5.74) is 1.49. The molecular weight excluding hydrogens is 272 g/mol. The average Bonchev–Trinajstić information content (AvgIpc) is 3.04. The zero-order valence-corrected chi connectivity index (χ0v) is 11.6. The standard InChI is InChI=1S/C14H16N4O3/c1-3-5-15-14(20)16-13-9-12(17-18(13)6-7-19)11-4-8-21-10(11)2/h1,4,8-9,19H,5-7H2,2H3,(H2,15,16,20). The number of nitrogens with one attached hydrogen (secondary N) is 2. The number of nitrogens with zero attached hydrogens (tertiary/aromatic N) is 2. The molecule has 21 heavy (non-hydrogen) atoms. The fourth-order valence-corrected chi connectivity index (χ4v) is 1.86. The second-order valence-corrected chi connectivity index (χ2v) is 4.26. The van der Waals surface area contributed by atoms with Gasteiger partial charge < -0.3 is 14.8 Å². The Labute approximate surface area is 121 Å². The van der Waals surface area contributed by atoms with Crippen LogP contribution in [0.5, 0.6) is 0 Å². The highest BCUT2D eigenvalue weighted by Gasteiger charge is 2.14. The number of hydrogen-bond donors (Lipinski definition) is 3. The molecule has 0 aliphatic heterocycles. The number of urea groups is 1. The smallest absolute Gasteiger partial charge is 0.321 e. The van der Waals surface area contributed by atoms with Gasteiger partial charge in [0.1, 0.15) is 11.6 Å². The number of aryl methyl sites for hydroxylation is 1. The van der Waals surface area contributed by atoms with Gasteiger partial charge in [0.2, 0.25) is 0 Å². The first-order valence-corrected chi connectivity index (χ1v) is 6.37. The van der Waals surface area contributed by atoms with Crippen molar-refractivity contribution in [2.45, 2.75) is 13.5 Å². The Hall–Kier alpha value is -2.72. The molecule has 0 aliphatic carbocycles. The highest BCUT2D eigenvalue weighted by Crippen LogP contribution is 2.25. The van der Waals surface area contributed by atoms with Crippen molar-refractivity contribution in [3.05, 3.63) is 24.2 Å². The fraction of sp³-hybridized carbons (Fsp3) is 0.286. The van der Waals surface area contributed by atoms with Gasteiger partial charge in [-0.2, -0.15) is 5.10 Å². The molecule has 2 rings (SSSR count). The van der Waals surface area contributed by atoms with Gasteiger partial charge >= 0.3 is 6.03 Å². The topological polar surface area (TPSA) is 92.3 Å². The predicted octanol–water partition coefficient (Wildman–Crippen LogP) is 1.20. The molecule has 2 heterocycles. The van der Waals surface area contributed by atoms with E-state index in [-0.39, 0.29) is 19.7 Å². The van der Waals surface area contributed by atoms with Gasteiger partial charge in [0.05, 0.1) is 31.7 Å². The summed E-state index contributed by atoms with van der Waals surface area (Å²) in [6.45, 7) is 2.13. The minimum Gasteiger partial charge on any atom is -0.469 e. The third-order valence-electron chi connectivity index (χ3n) is 2.82. The number of aromatic nitrogens is 2. The van der Waals surface area contributed by atoms with Crippen molar-refractivity contribution in [2.24, 2.45) is 0 Å². The first kappa shape index (κ1) is 14.7. The van der Waals surface area contributed by atoms with Gasteiger partial charge in [-0.15, -0.1) is 6.42 Å². The summed E-state index contributed by atoms with van der Waals surface area (Å²) in [6.07, 6.45) is 6.65. The predicted molar refractivity (Wildman–Crippen MR) is 77.6 cm³/mol. The Morgan fingerprint density at radius 1 is 1.62 bits per heavy atom. The Balaban J connectivity index is 2.24. The number of aliphatic hydroxyl groups excluding tert-OH is 1. The van der Waals surface area contributed by atoms with E-state index < -0.39 is 6.03 Å². The molecule has 0 fully saturated rings. The normalized spacial score (nSPS) is 10.1. The van der Waals surface area contributed by atoms with Crippen molar-refractivity contribution in [3.8, 4) is 23.6 Å². The van der Waals surface area contributed by atoms with Crippen LogP contribution in [0.4, 0.5) is 10.6 Å². The summed E-state index contributed by atoms with van der Waals surface area (Å²) in [5.74, 6) is 3.51. The molecule has 2 amide bonds. The van der Waals surface area contributed by atoms with Gasteiger partial charge in [0, 0.05) is 11.6 Å². The lowest BCUT2D eigenvalue weighted by atomic mass is 10.2. The fourth-order valence-electron chi connectivity index (χ4n) is 1.86. The molecule has 0 atom stereocenters. The molecule has 2 aromatic heterocycles. The molecule has 3 N–H and O–H groups in total. The molecule has 7 heteroatoms. The van der Waals surface area contributed by atoms with E-state index in [0.29, 0.717) is 11.5 Å². The lowest BCUT2D eigenvalue weighted by molar-refractivity contribution is 0.252. The largest absolute Gasteiger partial charge is 0.469 e. The molecule has 0 bridgehead atoms. The summed E-state index contributed by atoms with van der Waals surface area (Å²) >= 11 is 0. The van der Waals surface area contributed by atoms with Crippen LogP contribution in [0, 0.1) is 19.3 Å². The number of amides is 2. The van der Waals surface area contributed by atoms with Crippen LogP contribution in [0.2, 0.25) is 0 Å². The number of aliphatic hydroxyl groups is 1. The van der Waals surface area contributed by atoms with E-state index in [4.69, 9.17) is 15.9 Å². The van der Waals surface area contributed by atoms with Crippen molar-refractivity contribution in [3.63, 3.8) is 0 Å². The maximum absolute atomic E-state index is 11.7.